The first-order valence-electron chi connectivity index (χ1n) is 7.08. The fraction of sp³-hybridized carbons (Fsp3) is 0.188. The van der Waals surface area contributed by atoms with Crippen molar-refractivity contribution in [3.05, 3.63) is 65.5 Å². The topological polar surface area (TPSA) is 72.5 Å². The lowest BCUT2D eigenvalue weighted by atomic mass is 10.1. The molecule has 2 aromatic carbocycles. The lowest BCUT2D eigenvalue weighted by Crippen LogP contribution is -2.34. The van der Waals surface area contributed by atoms with E-state index in [0.717, 1.165) is 7.11 Å². The maximum Gasteiger partial charge on any atom is 0.419 e. The largest absolute Gasteiger partial charge is 0.468 e. The van der Waals surface area contributed by atoms with E-state index in [9.17, 15) is 30.8 Å². The molecule has 2 aromatic rings. The Morgan fingerprint density at radius 2 is 1.73 bits per heavy atom. The molecule has 10 heteroatoms. The molecule has 0 heterocycles. The lowest BCUT2D eigenvalue weighted by molar-refractivity contribution is -0.143. The van der Waals surface area contributed by atoms with Gasteiger partial charge in [0.05, 0.1) is 17.6 Å². The Balaban J connectivity index is 2.45. The summed E-state index contributed by atoms with van der Waals surface area (Å²) in [5, 5.41) is 0. The van der Waals surface area contributed by atoms with Gasteiger partial charge in [-0.15, -0.1) is 0 Å². The minimum atomic E-state index is -5.07. The van der Waals surface area contributed by atoms with Crippen molar-refractivity contribution in [3.8, 4) is 0 Å². The molecule has 0 fully saturated rings. The van der Waals surface area contributed by atoms with E-state index in [1.807, 2.05) is 4.72 Å². The highest BCUT2D eigenvalue weighted by Gasteiger charge is 2.36. The third-order valence-corrected chi connectivity index (χ3v) is 4.82. The summed E-state index contributed by atoms with van der Waals surface area (Å²) in [7, 11) is -3.55. The van der Waals surface area contributed by atoms with Crippen LogP contribution in [0, 0.1) is 5.82 Å². The monoisotopic (exact) mass is 391 g/mol. The molecule has 0 saturated carbocycles. The van der Waals surface area contributed by atoms with Crippen molar-refractivity contribution in [2.45, 2.75) is 17.1 Å². The summed E-state index contributed by atoms with van der Waals surface area (Å²) in [6.07, 6.45) is -5.07. The molecule has 5 nitrogen and oxygen atoms in total. The quantitative estimate of drug-likeness (QED) is 0.628. The van der Waals surface area contributed by atoms with Crippen LogP contribution in [0.5, 0.6) is 0 Å². The predicted octanol–water partition coefficient (Wildman–Crippen LogP) is 3.04. The third kappa shape index (κ3) is 4.38. The van der Waals surface area contributed by atoms with E-state index >= 15 is 0 Å². The van der Waals surface area contributed by atoms with Gasteiger partial charge in [0.1, 0.15) is 11.9 Å². The number of carbonyl (C=O) groups excluding carboxylic acids is 1. The Morgan fingerprint density at radius 3 is 2.27 bits per heavy atom. The molecule has 2 rings (SSSR count). The van der Waals surface area contributed by atoms with Gasteiger partial charge in [0.25, 0.3) is 0 Å². The molecule has 1 N–H and O–H groups in total. The number of hydrogen-bond acceptors (Lipinski definition) is 4. The van der Waals surface area contributed by atoms with Crippen LogP contribution < -0.4 is 4.72 Å². The number of carbonyl (C=O) groups is 1. The van der Waals surface area contributed by atoms with Gasteiger partial charge in [-0.25, -0.2) is 17.6 Å². The maximum atomic E-state index is 13.4. The molecule has 0 radical (unpaired) electrons. The zero-order chi connectivity index (χ0) is 19.5. The Kier molecular flexibility index (Phi) is 5.67. The van der Waals surface area contributed by atoms with Crippen molar-refractivity contribution in [3.63, 3.8) is 0 Å². The summed E-state index contributed by atoms with van der Waals surface area (Å²) in [4.78, 5) is 11.1. The zero-order valence-corrected chi connectivity index (χ0v) is 14.1. The second-order valence-corrected chi connectivity index (χ2v) is 6.84. The average molecular weight is 391 g/mol. The zero-order valence-electron chi connectivity index (χ0n) is 13.2. The molecular formula is C16H13F4NO4S. The van der Waals surface area contributed by atoms with E-state index in [1.54, 1.807) is 18.2 Å². The molecule has 0 aromatic heterocycles. The van der Waals surface area contributed by atoms with Crippen molar-refractivity contribution in [1.82, 2.24) is 4.72 Å². The van der Waals surface area contributed by atoms with Crippen LogP contribution in [0.15, 0.2) is 53.4 Å². The number of halogens is 4. The van der Waals surface area contributed by atoms with Gasteiger partial charge in [-0.2, -0.15) is 17.9 Å². The predicted molar refractivity (Wildman–Crippen MR) is 82.9 cm³/mol. The van der Waals surface area contributed by atoms with Crippen LogP contribution in [0.25, 0.3) is 0 Å². The van der Waals surface area contributed by atoms with Gasteiger partial charge in [-0.1, -0.05) is 30.3 Å². The second-order valence-electron chi connectivity index (χ2n) is 5.13. The van der Waals surface area contributed by atoms with Crippen molar-refractivity contribution in [2.75, 3.05) is 7.11 Å². The molecule has 0 aliphatic rings. The van der Waals surface area contributed by atoms with E-state index in [2.05, 4.69) is 4.74 Å². The van der Waals surface area contributed by atoms with Crippen molar-refractivity contribution >= 4 is 16.0 Å². The molecule has 0 aliphatic carbocycles. The van der Waals surface area contributed by atoms with E-state index in [4.69, 9.17) is 0 Å². The Hall–Kier alpha value is -2.46. The highest BCUT2D eigenvalue weighted by molar-refractivity contribution is 7.89. The highest BCUT2D eigenvalue weighted by Crippen LogP contribution is 2.33. The molecule has 140 valence electrons. The SMILES string of the molecule is COC(=O)C(NS(=O)(=O)c1ccc(F)c(C(F)(F)F)c1)c1ccccc1. The van der Waals surface area contributed by atoms with Crippen LogP contribution in [0.2, 0.25) is 0 Å². The summed E-state index contributed by atoms with van der Waals surface area (Å²) in [5.74, 6) is -2.57. The Morgan fingerprint density at radius 1 is 1.12 bits per heavy atom. The molecular weight excluding hydrogens is 378 g/mol. The minimum Gasteiger partial charge on any atom is -0.468 e. The summed E-state index contributed by atoms with van der Waals surface area (Å²) in [6, 6.07) is 7.34. The normalized spacial score (nSPS) is 13.3. The lowest BCUT2D eigenvalue weighted by Gasteiger charge is -2.17. The summed E-state index contributed by atoms with van der Waals surface area (Å²) < 4.78 is 83.1. The van der Waals surface area contributed by atoms with Crippen LogP contribution in [0.3, 0.4) is 0 Å². The van der Waals surface area contributed by atoms with Crippen LogP contribution in [-0.2, 0) is 25.7 Å². The van der Waals surface area contributed by atoms with E-state index < -0.39 is 44.5 Å². The molecule has 0 bridgehead atoms. The van der Waals surface area contributed by atoms with Crippen molar-refractivity contribution in [1.29, 1.82) is 0 Å². The first kappa shape index (κ1) is 19.9. The van der Waals surface area contributed by atoms with Crippen LogP contribution in [0.4, 0.5) is 17.6 Å². The first-order valence-corrected chi connectivity index (χ1v) is 8.56. The summed E-state index contributed by atoms with van der Waals surface area (Å²) >= 11 is 0. The standard InChI is InChI=1S/C16H13F4NO4S/c1-25-15(22)14(10-5-3-2-4-6-10)21-26(23,24)11-7-8-13(17)12(9-11)16(18,19)20/h2-9,14,21H,1H3. The van der Waals surface area contributed by atoms with Gasteiger partial charge in [-0.05, 0) is 23.8 Å². The van der Waals surface area contributed by atoms with Gasteiger partial charge >= 0.3 is 12.1 Å². The Labute approximate surface area is 146 Å². The number of nitrogens with one attached hydrogen (secondary N) is 1. The Bertz CT molecular complexity index is 898. The number of hydrogen-bond donors (Lipinski definition) is 1. The van der Waals surface area contributed by atoms with Gasteiger partial charge in [0.15, 0.2) is 0 Å². The number of ether oxygens (including phenoxy) is 1. The molecule has 0 saturated heterocycles. The smallest absolute Gasteiger partial charge is 0.419 e. The number of benzene rings is 2. The number of methoxy groups -OCH3 is 1. The average Bonchev–Trinajstić information content (AvgIpc) is 2.59. The fourth-order valence-corrected chi connectivity index (χ4v) is 3.33. The maximum absolute atomic E-state index is 13.4. The van der Waals surface area contributed by atoms with Crippen LogP contribution in [-0.4, -0.2) is 21.5 Å². The van der Waals surface area contributed by atoms with E-state index in [1.165, 1.54) is 12.1 Å². The molecule has 1 unspecified atom stereocenters. The van der Waals surface area contributed by atoms with Crippen LogP contribution >= 0.6 is 0 Å². The van der Waals surface area contributed by atoms with Crippen molar-refractivity contribution in [2.24, 2.45) is 0 Å². The highest BCUT2D eigenvalue weighted by atomic mass is 32.2. The third-order valence-electron chi connectivity index (χ3n) is 3.40. The number of alkyl halides is 3. The molecule has 1 atom stereocenters. The van der Waals surface area contributed by atoms with E-state index in [-0.39, 0.29) is 11.6 Å². The van der Waals surface area contributed by atoms with Gasteiger partial charge < -0.3 is 4.74 Å². The fourth-order valence-electron chi connectivity index (χ4n) is 2.13. The molecule has 0 amide bonds. The number of esters is 1. The van der Waals surface area contributed by atoms with E-state index in [0.29, 0.717) is 12.1 Å². The van der Waals surface area contributed by atoms with Gasteiger partial charge in [0, 0.05) is 0 Å². The number of rotatable bonds is 5. The first-order chi connectivity index (χ1) is 12.1. The second kappa shape index (κ2) is 7.42. The molecule has 0 aliphatic heterocycles. The molecule has 26 heavy (non-hydrogen) atoms. The summed E-state index contributed by atoms with van der Waals surface area (Å²) in [6.45, 7) is 0. The van der Waals surface area contributed by atoms with Gasteiger partial charge in [-0.3, -0.25) is 0 Å². The summed E-state index contributed by atoms with van der Waals surface area (Å²) in [5.41, 5.74) is -1.50. The van der Waals surface area contributed by atoms with Gasteiger partial charge in [0.2, 0.25) is 10.0 Å². The van der Waals surface area contributed by atoms with Crippen LogP contribution in [0.1, 0.15) is 17.2 Å². The number of sulfonamides is 1. The molecule has 0 spiro atoms. The van der Waals surface area contributed by atoms with Crippen molar-refractivity contribution < 1.29 is 35.5 Å². The minimum absolute atomic E-state index is 0.164.